The number of aromatic nitrogens is 1. The molecule has 3 N–H and O–H groups in total. The molecule has 362 valence electrons. The van der Waals surface area contributed by atoms with E-state index in [1.165, 1.54) is 24.3 Å². The summed E-state index contributed by atoms with van der Waals surface area (Å²) in [6.07, 6.45) is 5.44. The molecule has 1 unspecified atom stereocenters. The highest BCUT2D eigenvalue weighted by Crippen LogP contribution is 2.41. The number of carbonyl (C=O) groups is 6. The maximum atomic E-state index is 14.0. The molecule has 2 aliphatic heterocycles. The number of hydrogen-bond donors (Lipinski definition) is 3. The molecule has 1 aliphatic carbocycles. The zero-order chi connectivity index (χ0) is 48.0. The molecule has 0 bridgehead atoms. The number of nitrogens with one attached hydrogen (secondary N) is 3. The average Bonchev–Trinajstić information content (AvgIpc) is 3.59. The fourth-order valence-corrected chi connectivity index (χ4v) is 8.79. The Labute approximate surface area is 397 Å². The van der Waals surface area contributed by atoms with Crippen molar-refractivity contribution in [2.45, 2.75) is 57.4 Å². The molecular formula is C49H55ClFN5O12. The van der Waals surface area contributed by atoms with E-state index in [-0.39, 0.29) is 73.0 Å². The van der Waals surface area contributed by atoms with Crippen LogP contribution in [0.25, 0.3) is 10.9 Å². The fraction of sp³-hybridized carbons (Fsp3) is 0.449. The van der Waals surface area contributed by atoms with E-state index in [4.69, 9.17) is 40.0 Å². The van der Waals surface area contributed by atoms with Gasteiger partial charge in [-0.2, -0.15) is 0 Å². The molecule has 2 fully saturated rings. The van der Waals surface area contributed by atoms with Gasteiger partial charge in [0, 0.05) is 42.2 Å². The van der Waals surface area contributed by atoms with Crippen LogP contribution in [0.4, 0.5) is 10.1 Å². The lowest BCUT2D eigenvalue weighted by molar-refractivity contribution is -0.136. The molecule has 3 aliphatic rings. The van der Waals surface area contributed by atoms with Crippen molar-refractivity contribution in [1.29, 1.82) is 0 Å². The number of halogens is 2. The Kier molecular flexibility index (Phi) is 17.8. The summed E-state index contributed by atoms with van der Waals surface area (Å²) in [5.74, 6) is -2.60. The Morgan fingerprint density at radius 3 is 2.24 bits per heavy atom. The number of benzene rings is 3. The van der Waals surface area contributed by atoms with Crippen LogP contribution in [0.15, 0.2) is 66.9 Å². The first-order valence-corrected chi connectivity index (χ1v) is 23.2. The predicted octanol–water partition coefficient (Wildman–Crippen LogP) is 5.62. The highest BCUT2D eigenvalue weighted by atomic mass is 35.5. The first-order chi connectivity index (χ1) is 33.0. The largest absolute Gasteiger partial charge is 0.490 e. The van der Waals surface area contributed by atoms with Gasteiger partial charge in [-0.15, -0.1) is 0 Å². The molecule has 19 heteroatoms. The third-order valence-electron chi connectivity index (χ3n) is 12.2. The van der Waals surface area contributed by atoms with Gasteiger partial charge < -0.3 is 39.1 Å². The van der Waals surface area contributed by atoms with Gasteiger partial charge in [-0.3, -0.25) is 44.0 Å². The van der Waals surface area contributed by atoms with Crippen LogP contribution >= 0.6 is 11.6 Å². The number of rotatable bonds is 24. The minimum absolute atomic E-state index is 0.00101. The van der Waals surface area contributed by atoms with Gasteiger partial charge in [0.2, 0.25) is 17.7 Å². The maximum absolute atomic E-state index is 14.0. The van der Waals surface area contributed by atoms with Crippen LogP contribution in [0.2, 0.25) is 5.02 Å². The second kappa shape index (κ2) is 24.3. The van der Waals surface area contributed by atoms with Crippen LogP contribution in [-0.2, 0) is 38.1 Å². The van der Waals surface area contributed by atoms with Crippen molar-refractivity contribution in [3.8, 4) is 11.5 Å². The van der Waals surface area contributed by atoms with E-state index in [9.17, 15) is 33.2 Å². The number of carbonyl (C=O) groups excluding carboxylic acids is 6. The van der Waals surface area contributed by atoms with E-state index in [0.717, 1.165) is 47.0 Å². The number of fused-ring (bicyclic) bond motifs is 2. The Morgan fingerprint density at radius 2 is 1.51 bits per heavy atom. The van der Waals surface area contributed by atoms with Crippen LogP contribution in [-0.4, -0.2) is 124 Å². The minimum atomic E-state index is -1.11. The average molecular weight is 960 g/mol. The molecule has 17 nitrogen and oxygen atoms in total. The van der Waals surface area contributed by atoms with Gasteiger partial charge in [-0.05, 0) is 98.0 Å². The molecule has 7 rings (SSSR count). The molecule has 0 radical (unpaired) electrons. The van der Waals surface area contributed by atoms with Crippen LogP contribution in [0, 0.1) is 17.7 Å². The van der Waals surface area contributed by atoms with Crippen molar-refractivity contribution in [1.82, 2.24) is 20.5 Å². The second-order valence-corrected chi connectivity index (χ2v) is 17.1. The quantitative estimate of drug-likeness (QED) is 0.0577. The van der Waals surface area contributed by atoms with E-state index in [2.05, 4.69) is 20.9 Å². The van der Waals surface area contributed by atoms with Gasteiger partial charge in [0.1, 0.15) is 30.0 Å². The molecule has 2 atom stereocenters. The molecule has 3 heterocycles. The van der Waals surface area contributed by atoms with E-state index >= 15 is 0 Å². The van der Waals surface area contributed by atoms with Crippen molar-refractivity contribution in [2.75, 3.05) is 77.9 Å². The molecule has 3 aromatic carbocycles. The van der Waals surface area contributed by atoms with Crippen LogP contribution in [0.1, 0.15) is 77.6 Å². The number of amides is 6. The van der Waals surface area contributed by atoms with Gasteiger partial charge >= 0.3 is 0 Å². The molecule has 4 aromatic rings. The van der Waals surface area contributed by atoms with Gasteiger partial charge in [0.25, 0.3) is 17.7 Å². The normalized spacial score (nSPS) is 18.6. The lowest BCUT2D eigenvalue weighted by Crippen LogP contribution is -2.54. The van der Waals surface area contributed by atoms with Crippen molar-refractivity contribution in [2.24, 2.45) is 11.8 Å². The van der Waals surface area contributed by atoms with Crippen LogP contribution in [0.3, 0.4) is 0 Å². The summed E-state index contributed by atoms with van der Waals surface area (Å²) in [6.45, 7) is 4.51. The summed E-state index contributed by atoms with van der Waals surface area (Å²) in [6, 6.07) is 15.1. The summed E-state index contributed by atoms with van der Waals surface area (Å²) in [7, 11) is 0. The van der Waals surface area contributed by atoms with Gasteiger partial charge in [-0.1, -0.05) is 24.6 Å². The number of piperidine rings is 1. The number of pyridine rings is 1. The first-order valence-electron chi connectivity index (χ1n) is 22.8. The van der Waals surface area contributed by atoms with E-state index in [1.54, 1.807) is 36.5 Å². The highest BCUT2D eigenvalue weighted by Gasteiger charge is 2.46. The predicted molar refractivity (Wildman–Crippen MR) is 246 cm³/mol. The number of anilines is 1. The van der Waals surface area contributed by atoms with Gasteiger partial charge in [-0.25, -0.2) is 4.39 Å². The maximum Gasteiger partial charge on any atom is 0.266 e. The van der Waals surface area contributed by atoms with Crippen molar-refractivity contribution in [3.05, 3.63) is 94.4 Å². The summed E-state index contributed by atoms with van der Waals surface area (Å²) in [5, 5.41) is 9.10. The topological polar surface area (TPSA) is 210 Å². The lowest BCUT2D eigenvalue weighted by Gasteiger charge is -2.32. The summed E-state index contributed by atoms with van der Waals surface area (Å²) >= 11 is 6.38. The Morgan fingerprint density at radius 1 is 0.809 bits per heavy atom. The minimum Gasteiger partial charge on any atom is -0.490 e. The highest BCUT2D eigenvalue weighted by molar-refractivity contribution is 6.32. The van der Waals surface area contributed by atoms with Gasteiger partial charge in [0.05, 0.1) is 74.5 Å². The third kappa shape index (κ3) is 12.9. The molecule has 1 aromatic heterocycles. The van der Waals surface area contributed by atoms with Gasteiger partial charge in [0.15, 0.2) is 6.61 Å². The summed E-state index contributed by atoms with van der Waals surface area (Å²) in [4.78, 5) is 81.0. The number of imide groups is 2. The van der Waals surface area contributed by atoms with Crippen LogP contribution in [0.5, 0.6) is 11.5 Å². The Balaban J connectivity index is 0.680. The monoisotopic (exact) mass is 959 g/mol. The van der Waals surface area contributed by atoms with E-state index < -0.39 is 42.2 Å². The van der Waals surface area contributed by atoms with E-state index in [0.29, 0.717) is 68.6 Å². The van der Waals surface area contributed by atoms with E-state index in [1.807, 2.05) is 13.0 Å². The fourth-order valence-electron chi connectivity index (χ4n) is 8.62. The van der Waals surface area contributed by atoms with Crippen LogP contribution < -0.4 is 25.4 Å². The molecule has 0 spiro atoms. The van der Waals surface area contributed by atoms with Crippen molar-refractivity contribution >= 4 is 63.6 Å². The second-order valence-electron chi connectivity index (χ2n) is 16.7. The number of hydrogen-bond acceptors (Lipinski definition) is 13. The first kappa shape index (κ1) is 49.8. The molecule has 1 saturated carbocycles. The lowest BCUT2D eigenvalue weighted by atomic mass is 9.73. The zero-order valence-corrected chi connectivity index (χ0v) is 38.5. The smallest absolute Gasteiger partial charge is 0.266 e. The third-order valence-corrected chi connectivity index (χ3v) is 12.5. The number of nitrogens with zero attached hydrogens (tertiary/aromatic N) is 2. The summed E-state index contributed by atoms with van der Waals surface area (Å²) < 4.78 is 47.6. The van der Waals surface area contributed by atoms with Crippen molar-refractivity contribution < 1.29 is 61.6 Å². The SMILES string of the molecule is C[C@@H](C(=O)Nc1ccc(Cl)c(OCCOCCOCCOCCOCCNC(=O)COc2cccc3c2C(=O)N(C2CCC(=O)NC2=O)C3=O)c1)C1CCC(c2ccnc3ccc(F)cc23)CC1. The number of ether oxygens (including phenoxy) is 6. The standard InChI is InChI=1S/C49H55ClFN5O12/c1-30(31-5-7-32(8-6-31)35-15-16-52-39-12-9-33(51)27-37(35)39)46(59)54-34-10-11-38(50)42(28-34)67-26-25-66-24-23-65-22-21-64-20-19-63-18-17-53-44(58)29-68-41-4-2-3-36-45(41)49(62)56(48(36)61)40-13-14-43(57)55-47(40)60/h2-4,9-12,15-16,27-28,30-32,40H,5-8,13-14,17-26,29H2,1H3,(H,53,58)(H,54,59)(H,55,57,60)/t30-,31?,32?,40?/m1/s1. The Hall–Kier alpha value is -6.05. The Bertz CT molecular complexity index is 2470. The molecule has 68 heavy (non-hydrogen) atoms. The zero-order valence-electron chi connectivity index (χ0n) is 37.7. The van der Waals surface area contributed by atoms with Crippen molar-refractivity contribution in [3.63, 3.8) is 0 Å². The molecule has 6 amide bonds. The summed E-state index contributed by atoms with van der Waals surface area (Å²) in [5.41, 5.74) is 2.51. The molecule has 1 saturated heterocycles. The molecular weight excluding hydrogens is 905 g/mol.